The first-order valence-corrected chi connectivity index (χ1v) is 5.33. The van der Waals surface area contributed by atoms with E-state index < -0.39 is 6.10 Å². The first-order valence-electron chi connectivity index (χ1n) is 5.33. The Kier molecular flexibility index (Phi) is 4.59. The molecule has 0 radical (unpaired) electrons. The van der Waals surface area contributed by atoms with Crippen molar-refractivity contribution in [3.63, 3.8) is 0 Å². The number of para-hydroxylation sites is 1. The first-order chi connectivity index (χ1) is 7.20. The minimum absolute atomic E-state index is 0.127. The maximum absolute atomic E-state index is 9.63. The highest BCUT2D eigenvalue weighted by Crippen LogP contribution is 2.25. The average molecular weight is 209 g/mol. The van der Waals surface area contributed by atoms with Gasteiger partial charge in [-0.3, -0.25) is 0 Å². The molecular weight excluding hydrogens is 190 g/mol. The maximum Gasteiger partial charge on any atom is 0.0781 e. The van der Waals surface area contributed by atoms with E-state index in [2.05, 4.69) is 4.90 Å². The molecule has 3 nitrogen and oxygen atoms in total. The van der Waals surface area contributed by atoms with Crippen molar-refractivity contribution in [3.05, 3.63) is 29.8 Å². The van der Waals surface area contributed by atoms with Crippen LogP contribution in [0, 0.1) is 0 Å². The lowest BCUT2D eigenvalue weighted by molar-refractivity contribution is 0.199. The van der Waals surface area contributed by atoms with Crippen LogP contribution in [0.1, 0.15) is 25.5 Å². The van der Waals surface area contributed by atoms with Crippen LogP contribution >= 0.6 is 0 Å². The third-order valence-electron chi connectivity index (χ3n) is 2.48. The fourth-order valence-corrected chi connectivity index (χ4v) is 1.70. The molecule has 1 aromatic rings. The van der Waals surface area contributed by atoms with Crippen LogP contribution in [-0.2, 0) is 0 Å². The number of nitrogens with zero attached hydrogens (tertiary/aromatic N) is 1. The monoisotopic (exact) mass is 209 g/mol. The highest BCUT2D eigenvalue weighted by atomic mass is 16.3. The molecule has 1 atom stereocenters. The van der Waals surface area contributed by atoms with Gasteiger partial charge in [-0.15, -0.1) is 0 Å². The zero-order valence-corrected chi connectivity index (χ0v) is 9.35. The summed E-state index contributed by atoms with van der Waals surface area (Å²) in [5, 5.41) is 18.6. The number of likely N-dealkylation sites (N-methyl/N-ethyl adjacent to an activating group) is 1. The molecule has 15 heavy (non-hydrogen) atoms. The minimum atomic E-state index is -0.478. The number of aliphatic hydroxyl groups is 2. The van der Waals surface area contributed by atoms with Crippen molar-refractivity contribution in [3.8, 4) is 0 Å². The number of anilines is 1. The third kappa shape index (κ3) is 2.94. The van der Waals surface area contributed by atoms with E-state index in [0.29, 0.717) is 6.54 Å². The smallest absolute Gasteiger partial charge is 0.0781 e. The largest absolute Gasteiger partial charge is 0.395 e. The van der Waals surface area contributed by atoms with Crippen LogP contribution in [0.4, 0.5) is 5.69 Å². The maximum atomic E-state index is 9.63. The van der Waals surface area contributed by atoms with Crippen LogP contribution in [-0.4, -0.2) is 29.9 Å². The summed E-state index contributed by atoms with van der Waals surface area (Å²) < 4.78 is 0. The van der Waals surface area contributed by atoms with E-state index >= 15 is 0 Å². The van der Waals surface area contributed by atoms with Crippen molar-refractivity contribution in [2.24, 2.45) is 0 Å². The molecule has 0 saturated heterocycles. The number of aliphatic hydroxyl groups excluding tert-OH is 2. The molecule has 2 N–H and O–H groups in total. The molecule has 0 amide bonds. The second-order valence-corrected chi connectivity index (χ2v) is 3.54. The molecule has 0 aromatic heterocycles. The zero-order chi connectivity index (χ0) is 11.3. The van der Waals surface area contributed by atoms with Gasteiger partial charge in [-0.05, 0) is 19.9 Å². The summed E-state index contributed by atoms with van der Waals surface area (Å²) in [5.74, 6) is 0. The standard InChI is InChI=1S/C12H19NO2/c1-3-13(8-9-14)12-7-5-4-6-11(12)10(2)15/h4-7,10,14-15H,3,8-9H2,1-2H3/t10-/m1/s1. The molecule has 0 aliphatic rings. The van der Waals surface area contributed by atoms with Crippen LogP contribution in [0.2, 0.25) is 0 Å². The van der Waals surface area contributed by atoms with Crippen LogP contribution < -0.4 is 4.90 Å². The van der Waals surface area contributed by atoms with E-state index in [4.69, 9.17) is 5.11 Å². The Hall–Kier alpha value is -1.06. The molecule has 1 rings (SSSR count). The van der Waals surface area contributed by atoms with Crippen molar-refractivity contribution >= 4 is 5.69 Å². The van der Waals surface area contributed by atoms with Gasteiger partial charge in [0.2, 0.25) is 0 Å². The third-order valence-corrected chi connectivity index (χ3v) is 2.48. The second-order valence-electron chi connectivity index (χ2n) is 3.54. The lowest BCUT2D eigenvalue weighted by atomic mass is 10.1. The molecule has 84 valence electrons. The van der Waals surface area contributed by atoms with Gasteiger partial charge in [-0.1, -0.05) is 18.2 Å². The van der Waals surface area contributed by atoms with E-state index in [1.54, 1.807) is 6.92 Å². The molecule has 0 spiro atoms. The Bertz CT molecular complexity index is 299. The van der Waals surface area contributed by atoms with Crippen molar-refractivity contribution in [2.45, 2.75) is 20.0 Å². The Balaban J connectivity index is 2.99. The topological polar surface area (TPSA) is 43.7 Å². The predicted octanol–water partition coefficient (Wildman–Crippen LogP) is 1.56. The molecule has 0 unspecified atom stereocenters. The van der Waals surface area contributed by atoms with E-state index in [1.807, 2.05) is 31.2 Å². The van der Waals surface area contributed by atoms with Crippen molar-refractivity contribution in [2.75, 3.05) is 24.6 Å². The summed E-state index contributed by atoms with van der Waals surface area (Å²) in [7, 11) is 0. The van der Waals surface area contributed by atoms with Crippen LogP contribution in [0.5, 0.6) is 0 Å². The molecule has 0 aliphatic heterocycles. The lowest BCUT2D eigenvalue weighted by Crippen LogP contribution is -2.27. The molecule has 0 heterocycles. The summed E-state index contributed by atoms with van der Waals surface area (Å²) in [5.41, 5.74) is 1.91. The summed E-state index contributed by atoms with van der Waals surface area (Å²) in [6, 6.07) is 7.75. The van der Waals surface area contributed by atoms with Crippen LogP contribution in [0.25, 0.3) is 0 Å². The van der Waals surface area contributed by atoms with E-state index in [1.165, 1.54) is 0 Å². The molecule has 0 saturated carbocycles. The Morgan fingerprint density at radius 3 is 2.53 bits per heavy atom. The molecule has 0 fully saturated rings. The number of hydrogen-bond acceptors (Lipinski definition) is 3. The average Bonchev–Trinajstić information content (AvgIpc) is 2.26. The fraction of sp³-hybridized carbons (Fsp3) is 0.500. The van der Waals surface area contributed by atoms with Crippen molar-refractivity contribution in [1.29, 1.82) is 0 Å². The van der Waals surface area contributed by atoms with Crippen molar-refractivity contribution in [1.82, 2.24) is 0 Å². The van der Waals surface area contributed by atoms with Crippen molar-refractivity contribution < 1.29 is 10.2 Å². The van der Waals surface area contributed by atoms with Crippen LogP contribution in [0.3, 0.4) is 0 Å². The SMILES string of the molecule is CCN(CCO)c1ccccc1[C@@H](C)O. The summed E-state index contributed by atoms with van der Waals surface area (Å²) in [4.78, 5) is 2.06. The van der Waals surface area contributed by atoms with Gasteiger partial charge < -0.3 is 15.1 Å². The molecule has 0 aliphatic carbocycles. The Morgan fingerprint density at radius 1 is 1.33 bits per heavy atom. The van der Waals surface area contributed by atoms with E-state index in [9.17, 15) is 5.11 Å². The Labute approximate surface area is 91.0 Å². The van der Waals surface area contributed by atoms with Gasteiger partial charge in [0.25, 0.3) is 0 Å². The number of hydrogen-bond donors (Lipinski definition) is 2. The normalized spacial score (nSPS) is 12.5. The van der Waals surface area contributed by atoms with Gasteiger partial charge in [0, 0.05) is 24.3 Å². The molecular formula is C12H19NO2. The summed E-state index contributed by atoms with van der Waals surface area (Å²) >= 11 is 0. The summed E-state index contributed by atoms with van der Waals surface area (Å²) in [6.45, 7) is 5.34. The minimum Gasteiger partial charge on any atom is -0.395 e. The van der Waals surface area contributed by atoms with E-state index in [0.717, 1.165) is 17.8 Å². The van der Waals surface area contributed by atoms with Gasteiger partial charge >= 0.3 is 0 Å². The molecule has 1 aromatic carbocycles. The number of rotatable bonds is 5. The quantitative estimate of drug-likeness (QED) is 0.773. The highest BCUT2D eigenvalue weighted by molar-refractivity contribution is 5.54. The molecule has 3 heteroatoms. The van der Waals surface area contributed by atoms with Crippen LogP contribution in [0.15, 0.2) is 24.3 Å². The molecule has 0 bridgehead atoms. The predicted molar refractivity (Wildman–Crippen MR) is 62.0 cm³/mol. The Morgan fingerprint density at radius 2 is 2.00 bits per heavy atom. The lowest BCUT2D eigenvalue weighted by Gasteiger charge is -2.25. The summed E-state index contributed by atoms with van der Waals surface area (Å²) in [6.07, 6.45) is -0.478. The van der Waals surface area contributed by atoms with Gasteiger partial charge in [0.15, 0.2) is 0 Å². The first kappa shape index (κ1) is 12.0. The van der Waals surface area contributed by atoms with Gasteiger partial charge in [0.1, 0.15) is 0 Å². The van der Waals surface area contributed by atoms with Gasteiger partial charge in [-0.2, -0.15) is 0 Å². The highest BCUT2D eigenvalue weighted by Gasteiger charge is 2.11. The van der Waals surface area contributed by atoms with Gasteiger partial charge in [-0.25, -0.2) is 0 Å². The van der Waals surface area contributed by atoms with Gasteiger partial charge in [0.05, 0.1) is 12.7 Å². The van der Waals surface area contributed by atoms with E-state index in [-0.39, 0.29) is 6.61 Å². The zero-order valence-electron chi connectivity index (χ0n) is 9.35. The number of benzene rings is 1. The fourth-order valence-electron chi connectivity index (χ4n) is 1.70. The second kappa shape index (κ2) is 5.73.